The summed E-state index contributed by atoms with van der Waals surface area (Å²) in [6, 6.07) is 3.86. The maximum atomic E-state index is 5.36. The summed E-state index contributed by atoms with van der Waals surface area (Å²) in [6.45, 7) is 4.58. The van der Waals surface area contributed by atoms with Gasteiger partial charge in [-0.15, -0.1) is 0 Å². The first-order chi connectivity index (χ1) is 5.77. The largest absolute Gasteiger partial charge is 0.490 e. The van der Waals surface area contributed by atoms with E-state index in [1.54, 1.807) is 0 Å². The Balaban J connectivity index is 2.94. The Morgan fingerprint density at radius 2 is 2.25 bits per heavy atom. The van der Waals surface area contributed by atoms with Crippen LogP contribution in [0.3, 0.4) is 0 Å². The van der Waals surface area contributed by atoms with Gasteiger partial charge in [-0.1, -0.05) is 0 Å². The van der Waals surface area contributed by atoms with Crippen LogP contribution in [0.2, 0.25) is 0 Å². The molecular formula is C9H14N2O. The average molecular weight is 166 g/mol. The number of nitrogens with one attached hydrogen (secondary N) is 1. The van der Waals surface area contributed by atoms with Crippen molar-refractivity contribution in [1.29, 1.82) is 0 Å². The van der Waals surface area contributed by atoms with Crippen LogP contribution in [0.5, 0.6) is 5.75 Å². The second-order valence-corrected chi connectivity index (χ2v) is 2.48. The van der Waals surface area contributed by atoms with Gasteiger partial charge in [0.05, 0.1) is 6.61 Å². The molecule has 0 atom stereocenters. The smallest absolute Gasteiger partial charge is 0.168 e. The molecular weight excluding hydrogens is 152 g/mol. The van der Waals surface area contributed by atoms with Crippen LogP contribution >= 0.6 is 0 Å². The molecule has 0 bridgehead atoms. The van der Waals surface area contributed by atoms with Gasteiger partial charge < -0.3 is 10.1 Å². The highest BCUT2D eigenvalue weighted by molar-refractivity contribution is 5.49. The number of anilines is 1. The lowest BCUT2D eigenvalue weighted by atomic mass is 10.3. The molecule has 0 aliphatic heterocycles. The van der Waals surface area contributed by atoms with E-state index in [1.165, 1.54) is 0 Å². The summed E-state index contributed by atoms with van der Waals surface area (Å²) in [6.07, 6.45) is 0. The monoisotopic (exact) mass is 166 g/mol. The van der Waals surface area contributed by atoms with Crippen LogP contribution in [0.4, 0.5) is 5.82 Å². The quantitative estimate of drug-likeness (QED) is 0.743. The molecule has 0 saturated carbocycles. The molecule has 0 saturated heterocycles. The lowest BCUT2D eigenvalue weighted by Crippen LogP contribution is -2.00. The third-order valence-electron chi connectivity index (χ3n) is 1.53. The van der Waals surface area contributed by atoms with Crippen LogP contribution in [0.25, 0.3) is 0 Å². The van der Waals surface area contributed by atoms with E-state index < -0.39 is 0 Å². The van der Waals surface area contributed by atoms with Crippen LogP contribution in [0.15, 0.2) is 12.1 Å². The Labute approximate surface area is 72.8 Å². The lowest BCUT2D eigenvalue weighted by Gasteiger charge is -2.08. The number of pyridine rings is 1. The Morgan fingerprint density at radius 1 is 1.50 bits per heavy atom. The average Bonchev–Trinajstić information content (AvgIpc) is 2.08. The Kier molecular flexibility index (Phi) is 2.91. The van der Waals surface area contributed by atoms with Crippen molar-refractivity contribution in [3.05, 3.63) is 17.8 Å². The van der Waals surface area contributed by atoms with E-state index in [2.05, 4.69) is 10.3 Å². The molecule has 0 spiro atoms. The molecule has 66 valence electrons. The number of aromatic nitrogens is 1. The number of hydrogen-bond acceptors (Lipinski definition) is 3. The van der Waals surface area contributed by atoms with Gasteiger partial charge in [-0.05, 0) is 26.0 Å². The second kappa shape index (κ2) is 3.95. The van der Waals surface area contributed by atoms with Crippen molar-refractivity contribution in [2.45, 2.75) is 13.8 Å². The summed E-state index contributed by atoms with van der Waals surface area (Å²) in [5, 5.41) is 2.99. The van der Waals surface area contributed by atoms with Crippen LogP contribution in [0.1, 0.15) is 12.6 Å². The van der Waals surface area contributed by atoms with Crippen molar-refractivity contribution >= 4 is 5.82 Å². The van der Waals surface area contributed by atoms with Gasteiger partial charge in [-0.2, -0.15) is 0 Å². The predicted molar refractivity (Wildman–Crippen MR) is 49.7 cm³/mol. The summed E-state index contributed by atoms with van der Waals surface area (Å²) in [4.78, 5) is 4.27. The SMILES string of the molecule is CCOc1ccc(C)nc1NC. The van der Waals surface area contributed by atoms with Crippen molar-refractivity contribution in [2.24, 2.45) is 0 Å². The van der Waals surface area contributed by atoms with Crippen LogP contribution in [-0.2, 0) is 0 Å². The van der Waals surface area contributed by atoms with Crippen molar-refractivity contribution in [1.82, 2.24) is 4.98 Å². The minimum atomic E-state index is 0.666. The molecule has 3 heteroatoms. The molecule has 1 aromatic rings. The van der Waals surface area contributed by atoms with E-state index in [4.69, 9.17) is 4.74 Å². The molecule has 0 amide bonds. The summed E-state index contributed by atoms with van der Waals surface area (Å²) >= 11 is 0. The predicted octanol–water partition coefficient (Wildman–Crippen LogP) is 1.83. The van der Waals surface area contributed by atoms with Crippen molar-refractivity contribution < 1.29 is 4.74 Å². The number of ether oxygens (including phenoxy) is 1. The van der Waals surface area contributed by atoms with Gasteiger partial charge in [0.2, 0.25) is 0 Å². The van der Waals surface area contributed by atoms with E-state index in [9.17, 15) is 0 Å². The van der Waals surface area contributed by atoms with Gasteiger partial charge in [0, 0.05) is 12.7 Å². The van der Waals surface area contributed by atoms with Gasteiger partial charge in [0.1, 0.15) is 0 Å². The molecule has 0 radical (unpaired) electrons. The minimum absolute atomic E-state index is 0.666. The fourth-order valence-electron chi connectivity index (χ4n) is 0.995. The van der Waals surface area contributed by atoms with Crippen LogP contribution < -0.4 is 10.1 Å². The van der Waals surface area contributed by atoms with E-state index in [1.807, 2.05) is 33.0 Å². The topological polar surface area (TPSA) is 34.1 Å². The van der Waals surface area contributed by atoms with Gasteiger partial charge in [-0.3, -0.25) is 0 Å². The first kappa shape index (κ1) is 8.84. The number of hydrogen-bond donors (Lipinski definition) is 1. The Bertz CT molecular complexity index is 261. The highest BCUT2D eigenvalue weighted by atomic mass is 16.5. The van der Waals surface area contributed by atoms with Gasteiger partial charge >= 0.3 is 0 Å². The molecule has 0 unspecified atom stereocenters. The molecule has 1 rings (SSSR count). The number of rotatable bonds is 3. The zero-order valence-corrected chi connectivity index (χ0v) is 7.72. The Hall–Kier alpha value is -1.25. The summed E-state index contributed by atoms with van der Waals surface area (Å²) in [5.74, 6) is 1.61. The molecule has 1 aromatic heterocycles. The van der Waals surface area contributed by atoms with Crippen molar-refractivity contribution in [2.75, 3.05) is 19.0 Å². The van der Waals surface area contributed by atoms with E-state index in [0.29, 0.717) is 6.61 Å². The van der Waals surface area contributed by atoms with Crippen molar-refractivity contribution in [3.8, 4) is 5.75 Å². The standard InChI is InChI=1S/C9H14N2O/c1-4-12-8-6-5-7(2)11-9(8)10-3/h5-6H,4H2,1-3H3,(H,10,11). The molecule has 1 heterocycles. The third-order valence-corrected chi connectivity index (χ3v) is 1.53. The highest BCUT2D eigenvalue weighted by Crippen LogP contribution is 2.21. The van der Waals surface area contributed by atoms with Crippen LogP contribution in [0, 0.1) is 6.92 Å². The first-order valence-electron chi connectivity index (χ1n) is 4.06. The van der Waals surface area contributed by atoms with Gasteiger partial charge in [-0.25, -0.2) is 4.98 Å². The first-order valence-corrected chi connectivity index (χ1v) is 4.06. The molecule has 0 fully saturated rings. The van der Waals surface area contributed by atoms with Crippen molar-refractivity contribution in [3.63, 3.8) is 0 Å². The molecule has 1 N–H and O–H groups in total. The maximum Gasteiger partial charge on any atom is 0.168 e. The van der Waals surface area contributed by atoms with Crippen LogP contribution in [-0.4, -0.2) is 18.6 Å². The van der Waals surface area contributed by atoms with E-state index >= 15 is 0 Å². The number of nitrogens with zero attached hydrogens (tertiary/aromatic N) is 1. The molecule has 12 heavy (non-hydrogen) atoms. The third kappa shape index (κ3) is 1.87. The summed E-state index contributed by atoms with van der Waals surface area (Å²) in [7, 11) is 1.84. The molecule has 0 aliphatic rings. The number of aryl methyl sites for hydroxylation is 1. The molecule has 3 nitrogen and oxygen atoms in total. The minimum Gasteiger partial charge on any atom is -0.490 e. The lowest BCUT2D eigenvalue weighted by molar-refractivity contribution is 0.340. The normalized spacial score (nSPS) is 9.58. The van der Waals surface area contributed by atoms with Gasteiger partial charge in [0.25, 0.3) is 0 Å². The second-order valence-electron chi connectivity index (χ2n) is 2.48. The fourth-order valence-corrected chi connectivity index (χ4v) is 0.995. The summed E-state index contributed by atoms with van der Waals surface area (Å²) in [5.41, 5.74) is 0.989. The Morgan fingerprint density at radius 3 is 2.83 bits per heavy atom. The zero-order valence-electron chi connectivity index (χ0n) is 7.72. The highest BCUT2D eigenvalue weighted by Gasteiger charge is 2.01. The van der Waals surface area contributed by atoms with E-state index in [0.717, 1.165) is 17.3 Å². The zero-order chi connectivity index (χ0) is 8.97. The summed E-state index contributed by atoms with van der Waals surface area (Å²) < 4.78 is 5.36. The molecule has 0 aromatic carbocycles. The fraction of sp³-hybridized carbons (Fsp3) is 0.444. The van der Waals surface area contributed by atoms with E-state index in [-0.39, 0.29) is 0 Å². The maximum absolute atomic E-state index is 5.36. The van der Waals surface area contributed by atoms with Gasteiger partial charge in [0.15, 0.2) is 11.6 Å². The molecule has 0 aliphatic carbocycles.